The minimum Gasteiger partial charge on any atom is -0.383 e. The van der Waals surface area contributed by atoms with Crippen molar-refractivity contribution in [2.24, 2.45) is 0 Å². The second-order valence-electron chi connectivity index (χ2n) is 3.86. The number of hydrogen-bond acceptors (Lipinski definition) is 3. The van der Waals surface area contributed by atoms with Crippen molar-refractivity contribution in [3.63, 3.8) is 0 Å². The topological polar surface area (TPSA) is 51.8 Å². The smallest absolute Gasteiger partial charge is 0.130 e. The minimum absolute atomic E-state index is 0.716. The molecule has 76 valence electrons. The second-order valence-corrected chi connectivity index (χ2v) is 3.86. The van der Waals surface area contributed by atoms with Crippen molar-refractivity contribution in [1.82, 2.24) is 9.97 Å². The second kappa shape index (κ2) is 3.95. The first kappa shape index (κ1) is 9.44. The van der Waals surface area contributed by atoms with E-state index in [0.29, 0.717) is 5.82 Å². The van der Waals surface area contributed by atoms with Gasteiger partial charge >= 0.3 is 0 Å². The summed E-state index contributed by atoms with van der Waals surface area (Å²) in [5.41, 5.74) is 8.34. The van der Waals surface area contributed by atoms with Gasteiger partial charge in [-0.1, -0.05) is 13.3 Å². The van der Waals surface area contributed by atoms with Crippen molar-refractivity contribution in [1.29, 1.82) is 0 Å². The number of fused-ring (bicyclic) bond motifs is 1. The molecule has 0 amide bonds. The molecule has 0 fully saturated rings. The SMILES string of the molecule is CCc1nc(N)c2c(n1)CCCCC2. The molecular weight excluding hydrogens is 174 g/mol. The van der Waals surface area contributed by atoms with E-state index >= 15 is 0 Å². The van der Waals surface area contributed by atoms with Crippen LogP contribution in [0, 0.1) is 0 Å². The summed E-state index contributed by atoms with van der Waals surface area (Å²) in [5, 5.41) is 0. The molecule has 1 heterocycles. The van der Waals surface area contributed by atoms with Gasteiger partial charge in [0.15, 0.2) is 0 Å². The first-order valence-corrected chi connectivity index (χ1v) is 5.45. The number of rotatable bonds is 1. The monoisotopic (exact) mass is 191 g/mol. The van der Waals surface area contributed by atoms with Gasteiger partial charge in [-0.2, -0.15) is 0 Å². The molecule has 0 saturated heterocycles. The van der Waals surface area contributed by atoms with E-state index in [-0.39, 0.29) is 0 Å². The molecule has 3 nitrogen and oxygen atoms in total. The maximum Gasteiger partial charge on any atom is 0.130 e. The summed E-state index contributed by atoms with van der Waals surface area (Å²) in [6.07, 6.45) is 6.77. The first-order chi connectivity index (χ1) is 6.81. The van der Waals surface area contributed by atoms with Gasteiger partial charge < -0.3 is 5.73 Å². The van der Waals surface area contributed by atoms with E-state index in [1.54, 1.807) is 0 Å². The predicted molar refractivity (Wildman–Crippen MR) is 57.1 cm³/mol. The van der Waals surface area contributed by atoms with Gasteiger partial charge in [0.2, 0.25) is 0 Å². The van der Waals surface area contributed by atoms with Crippen molar-refractivity contribution < 1.29 is 0 Å². The highest BCUT2D eigenvalue weighted by atomic mass is 15.0. The summed E-state index contributed by atoms with van der Waals surface area (Å²) < 4.78 is 0. The van der Waals surface area contributed by atoms with E-state index in [1.165, 1.54) is 30.5 Å². The lowest BCUT2D eigenvalue weighted by atomic mass is 10.1. The van der Waals surface area contributed by atoms with Crippen LogP contribution in [0.3, 0.4) is 0 Å². The molecule has 1 aliphatic rings. The van der Waals surface area contributed by atoms with Crippen molar-refractivity contribution in [2.75, 3.05) is 5.73 Å². The normalized spacial score (nSPS) is 16.1. The lowest BCUT2D eigenvalue weighted by Crippen LogP contribution is -2.07. The van der Waals surface area contributed by atoms with Crippen molar-refractivity contribution in [2.45, 2.75) is 45.4 Å². The van der Waals surface area contributed by atoms with Gasteiger partial charge in [-0.15, -0.1) is 0 Å². The molecule has 2 rings (SSSR count). The third kappa shape index (κ3) is 1.72. The Bertz CT molecular complexity index is 334. The number of nitrogens with zero attached hydrogens (tertiary/aromatic N) is 2. The Hall–Kier alpha value is -1.12. The van der Waals surface area contributed by atoms with Crippen LogP contribution in [-0.2, 0) is 19.3 Å². The first-order valence-electron chi connectivity index (χ1n) is 5.45. The van der Waals surface area contributed by atoms with Crippen LogP contribution < -0.4 is 5.73 Å². The van der Waals surface area contributed by atoms with E-state index in [0.717, 1.165) is 25.1 Å². The van der Waals surface area contributed by atoms with Gasteiger partial charge in [-0.05, 0) is 25.7 Å². The summed E-state index contributed by atoms with van der Waals surface area (Å²) in [6, 6.07) is 0. The number of nitrogens with two attached hydrogens (primary N) is 1. The summed E-state index contributed by atoms with van der Waals surface area (Å²) in [6.45, 7) is 2.07. The van der Waals surface area contributed by atoms with E-state index in [4.69, 9.17) is 5.73 Å². The van der Waals surface area contributed by atoms with E-state index < -0.39 is 0 Å². The third-order valence-corrected chi connectivity index (χ3v) is 2.83. The van der Waals surface area contributed by atoms with Crippen LogP contribution in [-0.4, -0.2) is 9.97 Å². The summed E-state index contributed by atoms with van der Waals surface area (Å²) >= 11 is 0. The number of aromatic nitrogens is 2. The molecule has 1 aromatic heterocycles. The molecule has 0 saturated carbocycles. The van der Waals surface area contributed by atoms with Crippen molar-refractivity contribution >= 4 is 5.82 Å². The molecule has 1 aromatic rings. The molecule has 0 aliphatic heterocycles. The molecule has 0 aromatic carbocycles. The Morgan fingerprint density at radius 2 is 1.93 bits per heavy atom. The average Bonchev–Trinajstić information content (AvgIpc) is 2.42. The number of anilines is 1. The number of nitrogen functional groups attached to an aromatic ring is 1. The number of aryl methyl sites for hydroxylation is 2. The van der Waals surface area contributed by atoms with E-state index in [1.807, 2.05) is 0 Å². The van der Waals surface area contributed by atoms with Crippen LogP contribution in [0.15, 0.2) is 0 Å². The summed E-state index contributed by atoms with van der Waals surface area (Å²) in [5.74, 6) is 1.61. The Morgan fingerprint density at radius 1 is 1.14 bits per heavy atom. The van der Waals surface area contributed by atoms with Crippen molar-refractivity contribution in [3.05, 3.63) is 17.1 Å². The zero-order valence-electron chi connectivity index (χ0n) is 8.71. The molecule has 0 atom stereocenters. The summed E-state index contributed by atoms with van der Waals surface area (Å²) in [4.78, 5) is 8.87. The summed E-state index contributed by atoms with van der Waals surface area (Å²) in [7, 11) is 0. The van der Waals surface area contributed by atoms with Crippen LogP contribution in [0.25, 0.3) is 0 Å². The van der Waals surface area contributed by atoms with Gasteiger partial charge in [-0.25, -0.2) is 9.97 Å². The Morgan fingerprint density at radius 3 is 2.71 bits per heavy atom. The van der Waals surface area contributed by atoms with Gasteiger partial charge in [-0.3, -0.25) is 0 Å². The van der Waals surface area contributed by atoms with Crippen LogP contribution in [0.5, 0.6) is 0 Å². The number of hydrogen-bond donors (Lipinski definition) is 1. The minimum atomic E-state index is 0.716. The van der Waals surface area contributed by atoms with Gasteiger partial charge in [0.25, 0.3) is 0 Å². The highest BCUT2D eigenvalue weighted by Crippen LogP contribution is 2.22. The standard InChI is InChI=1S/C11H17N3/c1-2-10-13-9-7-5-3-4-6-8(9)11(12)14-10/h2-7H2,1H3,(H2,12,13,14). The lowest BCUT2D eigenvalue weighted by Gasteiger charge is -2.08. The molecule has 0 unspecified atom stereocenters. The van der Waals surface area contributed by atoms with E-state index in [2.05, 4.69) is 16.9 Å². The molecule has 2 N–H and O–H groups in total. The molecule has 0 spiro atoms. The van der Waals surface area contributed by atoms with Gasteiger partial charge in [0.1, 0.15) is 11.6 Å². The zero-order chi connectivity index (χ0) is 9.97. The van der Waals surface area contributed by atoms with Crippen LogP contribution >= 0.6 is 0 Å². The lowest BCUT2D eigenvalue weighted by molar-refractivity contribution is 0.708. The largest absolute Gasteiger partial charge is 0.383 e. The van der Waals surface area contributed by atoms with Gasteiger partial charge in [0, 0.05) is 17.7 Å². The molecule has 0 bridgehead atoms. The quantitative estimate of drug-likeness (QED) is 0.690. The van der Waals surface area contributed by atoms with Crippen LogP contribution in [0.4, 0.5) is 5.82 Å². The molecule has 3 heteroatoms. The molecule has 0 radical (unpaired) electrons. The Balaban J connectivity index is 2.43. The predicted octanol–water partition coefficient (Wildman–Crippen LogP) is 1.89. The fraction of sp³-hybridized carbons (Fsp3) is 0.636. The Labute approximate surface area is 84.8 Å². The van der Waals surface area contributed by atoms with E-state index in [9.17, 15) is 0 Å². The Kier molecular flexibility index (Phi) is 2.66. The van der Waals surface area contributed by atoms with Crippen molar-refractivity contribution in [3.8, 4) is 0 Å². The maximum absolute atomic E-state index is 5.94. The fourth-order valence-corrected chi connectivity index (χ4v) is 2.01. The van der Waals surface area contributed by atoms with Crippen LogP contribution in [0.2, 0.25) is 0 Å². The fourth-order valence-electron chi connectivity index (χ4n) is 2.01. The zero-order valence-corrected chi connectivity index (χ0v) is 8.71. The third-order valence-electron chi connectivity index (χ3n) is 2.83. The molecule has 14 heavy (non-hydrogen) atoms. The molecule has 1 aliphatic carbocycles. The van der Waals surface area contributed by atoms with Gasteiger partial charge in [0.05, 0.1) is 0 Å². The highest BCUT2D eigenvalue weighted by molar-refractivity contribution is 5.43. The maximum atomic E-state index is 5.94. The molecular formula is C11H17N3. The average molecular weight is 191 g/mol. The highest BCUT2D eigenvalue weighted by Gasteiger charge is 2.14. The van der Waals surface area contributed by atoms with Crippen LogP contribution in [0.1, 0.15) is 43.3 Å².